The van der Waals surface area contributed by atoms with Crippen molar-refractivity contribution in [3.05, 3.63) is 29.8 Å². The minimum Gasteiger partial charge on any atom is -0.480 e. The van der Waals surface area contributed by atoms with Gasteiger partial charge in [-0.1, -0.05) is 18.2 Å². The second-order valence-electron chi connectivity index (χ2n) is 4.23. The molecule has 1 heterocycles. The molecule has 2 unspecified atom stereocenters. The number of carbonyl (C=O) groups is 1. The summed E-state index contributed by atoms with van der Waals surface area (Å²) in [5, 5.41) is 11.4. The molecule has 4 N–H and O–H groups in total. The number of benzene rings is 1. The lowest BCUT2D eigenvalue weighted by Gasteiger charge is -2.33. The third kappa shape index (κ3) is 1.71. The summed E-state index contributed by atoms with van der Waals surface area (Å²) in [7, 11) is 0. The molecule has 2 atom stereocenters. The summed E-state index contributed by atoms with van der Waals surface area (Å²) < 4.78 is 38.7. The molecule has 0 amide bonds. The molecule has 1 aliphatic rings. The van der Waals surface area contributed by atoms with Crippen molar-refractivity contribution in [2.24, 2.45) is 5.73 Å². The number of halogens is 3. The Bertz CT molecular complexity index is 464. The molecule has 1 aliphatic heterocycles. The van der Waals surface area contributed by atoms with Crippen molar-refractivity contribution in [1.29, 1.82) is 0 Å². The van der Waals surface area contributed by atoms with Crippen molar-refractivity contribution in [2.75, 3.05) is 5.32 Å². The number of hydrogen-bond acceptors (Lipinski definition) is 3. The molecular formula is C11H11F3N2O2. The first-order valence-electron chi connectivity index (χ1n) is 5.20. The van der Waals surface area contributed by atoms with E-state index < -0.39 is 23.7 Å². The lowest BCUT2D eigenvalue weighted by atomic mass is 9.88. The number of rotatable bonds is 2. The fraction of sp³-hybridized carbons (Fsp3) is 0.364. The third-order valence-corrected chi connectivity index (χ3v) is 3.14. The number of alkyl halides is 3. The first kappa shape index (κ1) is 12.7. The molecule has 0 saturated heterocycles. The van der Waals surface area contributed by atoms with E-state index in [2.05, 4.69) is 5.32 Å². The summed E-state index contributed by atoms with van der Waals surface area (Å²) in [5.41, 5.74) is 2.93. The van der Waals surface area contributed by atoms with Gasteiger partial charge in [0.2, 0.25) is 5.54 Å². The summed E-state index contributed by atoms with van der Waals surface area (Å²) in [5.74, 6) is -2.08. The zero-order valence-electron chi connectivity index (χ0n) is 9.16. The van der Waals surface area contributed by atoms with Gasteiger partial charge in [-0.15, -0.1) is 0 Å². The second-order valence-corrected chi connectivity index (χ2v) is 4.23. The topological polar surface area (TPSA) is 75.4 Å². The van der Waals surface area contributed by atoms with Gasteiger partial charge in [0.15, 0.2) is 0 Å². The molecular weight excluding hydrogens is 249 g/mol. The molecule has 7 heteroatoms. The van der Waals surface area contributed by atoms with E-state index in [1.807, 2.05) is 0 Å². The largest absolute Gasteiger partial charge is 0.480 e. The molecule has 0 radical (unpaired) electrons. The van der Waals surface area contributed by atoms with Crippen LogP contribution in [0.15, 0.2) is 24.3 Å². The van der Waals surface area contributed by atoms with Crippen LogP contribution in [0.5, 0.6) is 0 Å². The summed E-state index contributed by atoms with van der Waals surface area (Å²) in [6.45, 7) is 0. The standard InChI is InChI=1S/C11H11F3N2O2/c12-11(13,14)10(15,9(17)18)8-5-6-3-1-2-4-7(6)16-8/h1-4,8,16H,5,15H2,(H,17,18). The van der Waals surface area contributed by atoms with E-state index in [4.69, 9.17) is 10.8 Å². The van der Waals surface area contributed by atoms with Gasteiger partial charge in [0, 0.05) is 5.69 Å². The molecule has 0 aliphatic carbocycles. The third-order valence-electron chi connectivity index (χ3n) is 3.14. The molecule has 2 rings (SSSR count). The van der Waals surface area contributed by atoms with Crippen molar-refractivity contribution in [3.8, 4) is 0 Å². The monoisotopic (exact) mass is 260 g/mol. The Morgan fingerprint density at radius 1 is 1.39 bits per heavy atom. The van der Waals surface area contributed by atoms with E-state index in [0.717, 1.165) is 0 Å². The minimum absolute atomic E-state index is 0.0709. The lowest BCUT2D eigenvalue weighted by molar-refractivity contribution is -0.204. The summed E-state index contributed by atoms with van der Waals surface area (Å²) in [6, 6.07) is 5.15. The highest BCUT2D eigenvalue weighted by atomic mass is 19.4. The van der Waals surface area contributed by atoms with E-state index in [0.29, 0.717) is 11.3 Å². The average molecular weight is 260 g/mol. The van der Waals surface area contributed by atoms with Crippen molar-refractivity contribution in [1.82, 2.24) is 0 Å². The molecule has 1 aromatic carbocycles. The normalized spacial score (nSPS) is 21.9. The number of hydrogen-bond donors (Lipinski definition) is 3. The van der Waals surface area contributed by atoms with Gasteiger partial charge in [0.1, 0.15) is 0 Å². The second kappa shape index (κ2) is 3.88. The first-order valence-corrected chi connectivity index (χ1v) is 5.20. The van der Waals surface area contributed by atoms with Crippen LogP contribution in [0.25, 0.3) is 0 Å². The molecule has 18 heavy (non-hydrogen) atoms. The highest BCUT2D eigenvalue weighted by Gasteiger charge is 2.63. The van der Waals surface area contributed by atoms with Crippen molar-refractivity contribution in [2.45, 2.75) is 24.2 Å². The van der Waals surface area contributed by atoms with Crippen LogP contribution >= 0.6 is 0 Å². The lowest BCUT2D eigenvalue weighted by Crippen LogP contribution is -2.68. The van der Waals surface area contributed by atoms with Crippen molar-refractivity contribution < 1.29 is 23.1 Å². The van der Waals surface area contributed by atoms with Gasteiger partial charge in [-0.25, -0.2) is 4.79 Å². The van der Waals surface area contributed by atoms with Crippen LogP contribution in [0.4, 0.5) is 18.9 Å². The van der Waals surface area contributed by atoms with E-state index in [9.17, 15) is 18.0 Å². The Labute approximate surface area is 101 Å². The summed E-state index contributed by atoms with van der Waals surface area (Å²) >= 11 is 0. The van der Waals surface area contributed by atoms with Crippen LogP contribution in [0.2, 0.25) is 0 Å². The predicted octanol–water partition coefficient (Wildman–Crippen LogP) is 1.37. The van der Waals surface area contributed by atoms with E-state index in [-0.39, 0.29) is 6.42 Å². The Hall–Kier alpha value is -1.76. The van der Waals surface area contributed by atoms with Crippen molar-refractivity contribution >= 4 is 11.7 Å². The smallest absolute Gasteiger partial charge is 0.419 e. The maximum absolute atomic E-state index is 12.9. The van der Waals surface area contributed by atoms with Crippen molar-refractivity contribution in [3.63, 3.8) is 0 Å². The Kier molecular flexibility index (Phi) is 2.73. The van der Waals surface area contributed by atoms with Gasteiger partial charge in [-0.2, -0.15) is 13.2 Å². The van der Waals surface area contributed by atoms with Gasteiger partial charge >= 0.3 is 12.1 Å². The number of carboxylic acid groups (broad SMARTS) is 1. The number of nitrogens with one attached hydrogen (secondary N) is 1. The van der Waals surface area contributed by atoms with Gasteiger partial charge in [-0.05, 0) is 18.1 Å². The number of para-hydroxylation sites is 1. The molecule has 4 nitrogen and oxygen atoms in total. The van der Waals surface area contributed by atoms with Gasteiger partial charge in [-0.3, -0.25) is 0 Å². The molecule has 0 saturated carbocycles. The number of carboxylic acids is 1. The fourth-order valence-corrected chi connectivity index (χ4v) is 2.04. The Morgan fingerprint density at radius 2 is 2.00 bits per heavy atom. The van der Waals surface area contributed by atoms with Crippen LogP contribution in [-0.4, -0.2) is 28.8 Å². The van der Waals surface area contributed by atoms with Crippen LogP contribution in [0, 0.1) is 0 Å². The number of aliphatic carboxylic acids is 1. The van der Waals surface area contributed by atoms with E-state index in [1.165, 1.54) is 0 Å². The zero-order chi connectivity index (χ0) is 13.6. The number of fused-ring (bicyclic) bond motifs is 1. The average Bonchev–Trinajstić information content (AvgIpc) is 2.69. The van der Waals surface area contributed by atoms with Crippen LogP contribution in [0.1, 0.15) is 5.56 Å². The maximum atomic E-state index is 12.9. The van der Waals surface area contributed by atoms with Crippen LogP contribution in [0.3, 0.4) is 0 Å². The Balaban J connectivity index is 2.36. The molecule has 0 spiro atoms. The minimum atomic E-state index is -5.03. The van der Waals surface area contributed by atoms with E-state index >= 15 is 0 Å². The van der Waals surface area contributed by atoms with Gasteiger partial charge in [0.25, 0.3) is 0 Å². The predicted molar refractivity (Wildman–Crippen MR) is 58.2 cm³/mol. The molecule has 0 bridgehead atoms. The quantitative estimate of drug-likeness (QED) is 0.750. The first-order chi connectivity index (χ1) is 8.26. The summed E-state index contributed by atoms with van der Waals surface area (Å²) in [6.07, 6.45) is -5.10. The highest BCUT2D eigenvalue weighted by Crippen LogP contribution is 2.38. The van der Waals surface area contributed by atoms with Crippen LogP contribution in [-0.2, 0) is 11.2 Å². The zero-order valence-corrected chi connectivity index (χ0v) is 9.16. The van der Waals surface area contributed by atoms with Gasteiger partial charge in [0.05, 0.1) is 6.04 Å². The SMILES string of the molecule is NC(C(=O)O)(C1Cc2ccccc2N1)C(F)(F)F. The fourth-order valence-electron chi connectivity index (χ4n) is 2.04. The highest BCUT2D eigenvalue weighted by molar-refractivity contribution is 5.82. The molecule has 98 valence electrons. The summed E-state index contributed by atoms with van der Waals surface area (Å²) in [4.78, 5) is 10.9. The molecule has 1 aromatic rings. The van der Waals surface area contributed by atoms with E-state index in [1.54, 1.807) is 24.3 Å². The Morgan fingerprint density at radius 3 is 2.50 bits per heavy atom. The van der Waals surface area contributed by atoms with Gasteiger partial charge < -0.3 is 16.2 Å². The number of nitrogens with two attached hydrogens (primary N) is 1. The molecule has 0 aromatic heterocycles. The number of anilines is 1. The van der Waals surface area contributed by atoms with Crippen LogP contribution < -0.4 is 11.1 Å². The molecule has 0 fully saturated rings. The maximum Gasteiger partial charge on any atom is 0.419 e.